The van der Waals surface area contributed by atoms with Gasteiger partial charge in [0.2, 0.25) is 0 Å². The van der Waals surface area contributed by atoms with Gasteiger partial charge < -0.3 is 16.0 Å². The molecule has 2 aromatic rings. The lowest BCUT2D eigenvalue weighted by molar-refractivity contribution is 0.0963. The second-order valence-corrected chi connectivity index (χ2v) is 9.34. The Morgan fingerprint density at radius 3 is 2.36 bits per heavy atom. The molecule has 2 aromatic carbocycles. The zero-order valence-corrected chi connectivity index (χ0v) is 20.5. The number of guanidine groups is 1. The van der Waals surface area contributed by atoms with Gasteiger partial charge in [0, 0.05) is 52.4 Å². The highest BCUT2D eigenvalue weighted by Gasteiger charge is 2.21. The van der Waals surface area contributed by atoms with E-state index >= 15 is 0 Å². The topological polar surface area (TPSA) is 68.8 Å². The van der Waals surface area contributed by atoms with Gasteiger partial charge in [-0.3, -0.25) is 14.7 Å². The number of piperidine rings is 1. The van der Waals surface area contributed by atoms with Gasteiger partial charge in [-0.05, 0) is 53.5 Å². The third kappa shape index (κ3) is 7.90. The minimum atomic E-state index is -0.0617. The summed E-state index contributed by atoms with van der Waals surface area (Å²) in [4.78, 5) is 18.7. The molecule has 0 bridgehead atoms. The van der Waals surface area contributed by atoms with Crippen molar-refractivity contribution in [2.24, 2.45) is 16.8 Å². The Bertz CT molecular complexity index is 914. The molecule has 0 spiro atoms. The maximum Gasteiger partial charge on any atom is 0.251 e. The summed E-state index contributed by atoms with van der Waals surface area (Å²) in [6.45, 7) is 9.62. The van der Waals surface area contributed by atoms with Crippen molar-refractivity contribution in [3.63, 3.8) is 0 Å². The summed E-state index contributed by atoms with van der Waals surface area (Å²) in [6, 6.07) is 16.6. The van der Waals surface area contributed by atoms with Crippen LogP contribution in [-0.2, 0) is 19.5 Å². The molecule has 0 radical (unpaired) electrons. The van der Waals surface area contributed by atoms with Crippen molar-refractivity contribution in [1.82, 2.24) is 20.9 Å². The van der Waals surface area contributed by atoms with E-state index in [2.05, 4.69) is 64.0 Å². The van der Waals surface area contributed by atoms with Gasteiger partial charge in [-0.25, -0.2) is 0 Å². The van der Waals surface area contributed by atoms with Gasteiger partial charge in [-0.15, -0.1) is 0 Å². The molecule has 1 aliphatic heterocycles. The van der Waals surface area contributed by atoms with E-state index in [1.807, 2.05) is 24.3 Å². The molecule has 0 aliphatic carbocycles. The van der Waals surface area contributed by atoms with Crippen LogP contribution < -0.4 is 16.0 Å². The standard InChI is InChI=1S/C27H39N5O/c1-20-14-21(2)18-32(17-20)19-24-10-8-23(9-11-24)16-31-27(29-4)30-13-12-22-6-5-7-25(15-22)26(33)28-3/h5-11,15,20-21H,12-14,16-19H2,1-4H3,(H,28,33)(H2,29,30,31). The van der Waals surface area contributed by atoms with E-state index in [9.17, 15) is 4.79 Å². The highest BCUT2D eigenvalue weighted by Crippen LogP contribution is 2.22. The van der Waals surface area contributed by atoms with Crippen molar-refractivity contribution in [2.75, 3.05) is 33.7 Å². The number of likely N-dealkylation sites (tertiary alicyclic amines) is 1. The van der Waals surface area contributed by atoms with Crippen LogP contribution in [0.5, 0.6) is 0 Å². The number of carbonyl (C=O) groups excluding carboxylic acids is 1. The molecule has 6 heteroatoms. The van der Waals surface area contributed by atoms with Crippen molar-refractivity contribution in [3.05, 3.63) is 70.8 Å². The summed E-state index contributed by atoms with van der Waals surface area (Å²) in [6.07, 6.45) is 2.16. The van der Waals surface area contributed by atoms with E-state index in [1.165, 1.54) is 30.6 Å². The summed E-state index contributed by atoms with van der Waals surface area (Å²) in [7, 11) is 3.43. The number of carbonyl (C=O) groups is 1. The van der Waals surface area contributed by atoms with Crippen LogP contribution in [0.25, 0.3) is 0 Å². The number of benzene rings is 2. The molecule has 0 aromatic heterocycles. The first-order chi connectivity index (χ1) is 16.0. The van der Waals surface area contributed by atoms with Crippen molar-refractivity contribution in [3.8, 4) is 0 Å². The summed E-state index contributed by atoms with van der Waals surface area (Å²) < 4.78 is 0. The second-order valence-electron chi connectivity index (χ2n) is 9.34. The first kappa shape index (κ1) is 24.8. The Labute approximate surface area is 198 Å². The minimum Gasteiger partial charge on any atom is -0.356 e. The highest BCUT2D eigenvalue weighted by molar-refractivity contribution is 5.94. The molecule has 3 N–H and O–H groups in total. The Balaban J connectivity index is 1.42. The maximum atomic E-state index is 11.8. The third-order valence-electron chi connectivity index (χ3n) is 6.18. The minimum absolute atomic E-state index is 0.0617. The van der Waals surface area contributed by atoms with Gasteiger partial charge in [0.1, 0.15) is 0 Å². The molecule has 178 valence electrons. The smallest absolute Gasteiger partial charge is 0.251 e. The molecule has 6 nitrogen and oxygen atoms in total. The average Bonchev–Trinajstić information content (AvgIpc) is 2.81. The summed E-state index contributed by atoms with van der Waals surface area (Å²) in [5, 5.41) is 9.41. The monoisotopic (exact) mass is 449 g/mol. The Kier molecular flexibility index (Phi) is 9.31. The first-order valence-electron chi connectivity index (χ1n) is 12.0. The molecule has 1 heterocycles. The molecular formula is C27H39N5O. The molecule has 2 unspecified atom stereocenters. The quantitative estimate of drug-likeness (QED) is 0.427. The molecule has 1 aliphatic rings. The van der Waals surface area contributed by atoms with E-state index in [0.29, 0.717) is 5.56 Å². The van der Waals surface area contributed by atoms with Gasteiger partial charge in [-0.2, -0.15) is 0 Å². The molecule has 33 heavy (non-hydrogen) atoms. The number of nitrogens with one attached hydrogen (secondary N) is 3. The molecule has 0 saturated carbocycles. The Morgan fingerprint density at radius 2 is 1.70 bits per heavy atom. The highest BCUT2D eigenvalue weighted by atomic mass is 16.1. The predicted octanol–water partition coefficient (Wildman–Crippen LogP) is 3.43. The Hall–Kier alpha value is -2.86. The summed E-state index contributed by atoms with van der Waals surface area (Å²) in [5.74, 6) is 2.29. The molecule has 1 fully saturated rings. The fraction of sp³-hybridized carbons (Fsp3) is 0.481. The fourth-order valence-electron chi connectivity index (χ4n) is 4.69. The van der Waals surface area contributed by atoms with Crippen LogP contribution in [0.4, 0.5) is 0 Å². The van der Waals surface area contributed by atoms with Gasteiger partial charge in [0.15, 0.2) is 5.96 Å². The number of hydrogen-bond acceptors (Lipinski definition) is 3. The Morgan fingerprint density at radius 1 is 1.00 bits per heavy atom. The average molecular weight is 450 g/mol. The van der Waals surface area contributed by atoms with E-state index in [0.717, 1.165) is 49.4 Å². The largest absolute Gasteiger partial charge is 0.356 e. The zero-order valence-electron chi connectivity index (χ0n) is 20.5. The molecular weight excluding hydrogens is 410 g/mol. The van der Waals surface area contributed by atoms with Gasteiger partial charge >= 0.3 is 0 Å². The van der Waals surface area contributed by atoms with Crippen LogP contribution in [-0.4, -0.2) is 50.5 Å². The van der Waals surface area contributed by atoms with Crippen molar-refractivity contribution in [1.29, 1.82) is 0 Å². The fourth-order valence-corrected chi connectivity index (χ4v) is 4.69. The van der Waals surface area contributed by atoms with E-state index < -0.39 is 0 Å². The molecule has 1 saturated heterocycles. The molecule has 2 atom stereocenters. The number of rotatable bonds is 8. The third-order valence-corrected chi connectivity index (χ3v) is 6.18. The number of amides is 1. The lowest BCUT2D eigenvalue weighted by Crippen LogP contribution is -2.38. The van der Waals surface area contributed by atoms with Crippen molar-refractivity contribution >= 4 is 11.9 Å². The van der Waals surface area contributed by atoms with E-state index in [4.69, 9.17) is 0 Å². The number of aliphatic imine (C=N–C) groups is 1. The summed E-state index contributed by atoms with van der Waals surface area (Å²) in [5.41, 5.74) is 4.42. The van der Waals surface area contributed by atoms with Crippen molar-refractivity contribution < 1.29 is 4.79 Å². The van der Waals surface area contributed by atoms with Crippen LogP contribution >= 0.6 is 0 Å². The van der Waals surface area contributed by atoms with Crippen LogP contribution in [0.3, 0.4) is 0 Å². The second kappa shape index (κ2) is 12.4. The predicted molar refractivity (Wildman–Crippen MR) is 136 cm³/mol. The van der Waals surface area contributed by atoms with Crippen molar-refractivity contribution in [2.45, 2.75) is 39.8 Å². The summed E-state index contributed by atoms with van der Waals surface area (Å²) >= 11 is 0. The number of hydrogen-bond donors (Lipinski definition) is 3. The maximum absolute atomic E-state index is 11.8. The molecule has 3 rings (SSSR count). The van der Waals surface area contributed by atoms with Crippen LogP contribution in [0.15, 0.2) is 53.5 Å². The van der Waals surface area contributed by atoms with E-state index in [-0.39, 0.29) is 5.91 Å². The van der Waals surface area contributed by atoms with Gasteiger partial charge in [-0.1, -0.05) is 50.2 Å². The number of nitrogens with zero attached hydrogens (tertiary/aromatic N) is 2. The zero-order chi connectivity index (χ0) is 23.6. The van der Waals surface area contributed by atoms with Crippen LogP contribution in [0.2, 0.25) is 0 Å². The van der Waals surface area contributed by atoms with Crippen LogP contribution in [0.1, 0.15) is 47.3 Å². The van der Waals surface area contributed by atoms with Crippen LogP contribution in [0, 0.1) is 11.8 Å². The van der Waals surface area contributed by atoms with Gasteiger partial charge in [0.05, 0.1) is 0 Å². The first-order valence-corrected chi connectivity index (χ1v) is 12.0. The van der Waals surface area contributed by atoms with Gasteiger partial charge in [0.25, 0.3) is 5.91 Å². The lowest BCUT2D eigenvalue weighted by atomic mass is 9.91. The molecule has 1 amide bonds. The normalized spacial score (nSPS) is 19.2. The SMILES string of the molecule is CN=C(NCCc1cccc(C(=O)NC)c1)NCc1ccc(CN2CC(C)CC(C)C2)cc1. The van der Waals surface area contributed by atoms with E-state index in [1.54, 1.807) is 14.1 Å². The lowest BCUT2D eigenvalue weighted by Gasteiger charge is -2.35.